The van der Waals surface area contributed by atoms with Crippen LogP contribution in [0.3, 0.4) is 0 Å². The number of nitrogens with one attached hydrogen (secondary N) is 2. The van der Waals surface area contributed by atoms with Crippen molar-refractivity contribution >= 4 is 5.91 Å². The molecule has 5 heteroatoms. The van der Waals surface area contributed by atoms with E-state index in [-0.39, 0.29) is 5.91 Å². The van der Waals surface area contributed by atoms with Crippen LogP contribution in [0, 0.1) is 0 Å². The first-order chi connectivity index (χ1) is 9.74. The second kappa shape index (κ2) is 6.86. The van der Waals surface area contributed by atoms with Gasteiger partial charge in [0.25, 0.3) is 5.91 Å². The first kappa shape index (κ1) is 14.3. The molecule has 0 radical (unpaired) electrons. The first-order valence-electron chi connectivity index (χ1n) is 6.82. The summed E-state index contributed by atoms with van der Waals surface area (Å²) >= 11 is 0. The van der Waals surface area contributed by atoms with Crippen molar-refractivity contribution in [2.24, 2.45) is 0 Å². The monoisotopic (exact) mass is 272 g/mol. The van der Waals surface area contributed by atoms with Gasteiger partial charge in [0.2, 0.25) is 0 Å². The average Bonchev–Trinajstić information content (AvgIpc) is 2.97. The second-order valence-electron chi connectivity index (χ2n) is 4.57. The van der Waals surface area contributed by atoms with E-state index < -0.39 is 0 Å². The topological polar surface area (TPSA) is 59.0 Å². The van der Waals surface area contributed by atoms with E-state index in [2.05, 4.69) is 34.8 Å². The fourth-order valence-electron chi connectivity index (χ4n) is 1.89. The van der Waals surface area contributed by atoms with Crippen molar-refractivity contribution in [2.75, 3.05) is 13.6 Å². The molecule has 2 N–H and O–H groups in total. The average molecular weight is 272 g/mol. The summed E-state index contributed by atoms with van der Waals surface area (Å²) in [4.78, 5) is 11.5. The van der Waals surface area contributed by atoms with Crippen LogP contribution in [0.25, 0.3) is 5.69 Å². The molecule has 0 spiro atoms. The summed E-state index contributed by atoms with van der Waals surface area (Å²) in [7, 11) is 1.60. The van der Waals surface area contributed by atoms with Gasteiger partial charge in [0.1, 0.15) is 0 Å². The summed E-state index contributed by atoms with van der Waals surface area (Å²) in [5, 5.41) is 10.2. The van der Waals surface area contributed by atoms with Crippen molar-refractivity contribution in [3.05, 3.63) is 47.8 Å². The van der Waals surface area contributed by atoms with Crippen LogP contribution in [0.2, 0.25) is 0 Å². The Kier molecular flexibility index (Phi) is 4.90. The molecule has 1 aromatic heterocycles. The van der Waals surface area contributed by atoms with Crippen LogP contribution in [0.5, 0.6) is 0 Å². The van der Waals surface area contributed by atoms with Crippen LogP contribution in [0.15, 0.2) is 36.5 Å². The van der Waals surface area contributed by atoms with E-state index in [9.17, 15) is 4.79 Å². The third kappa shape index (κ3) is 3.45. The Balaban J connectivity index is 2.06. The van der Waals surface area contributed by atoms with Crippen molar-refractivity contribution in [2.45, 2.75) is 19.9 Å². The molecule has 5 nitrogen and oxygen atoms in total. The van der Waals surface area contributed by atoms with Crippen LogP contribution in [0.1, 0.15) is 29.4 Å². The number of amides is 1. The van der Waals surface area contributed by atoms with Gasteiger partial charge < -0.3 is 10.6 Å². The summed E-state index contributed by atoms with van der Waals surface area (Å²) in [6, 6.07) is 9.85. The van der Waals surface area contributed by atoms with Crippen LogP contribution in [-0.2, 0) is 6.54 Å². The molecule has 20 heavy (non-hydrogen) atoms. The molecule has 0 aliphatic heterocycles. The minimum Gasteiger partial charge on any atom is -0.354 e. The third-order valence-electron chi connectivity index (χ3n) is 3.01. The van der Waals surface area contributed by atoms with E-state index in [0.717, 1.165) is 25.2 Å². The molecule has 0 aliphatic rings. The Morgan fingerprint density at radius 3 is 2.65 bits per heavy atom. The lowest BCUT2D eigenvalue weighted by atomic mass is 10.2. The number of carbonyl (C=O) groups excluding carboxylic acids is 1. The maximum Gasteiger partial charge on any atom is 0.271 e. The molecule has 0 saturated carbocycles. The van der Waals surface area contributed by atoms with Gasteiger partial charge >= 0.3 is 0 Å². The molecular weight excluding hydrogens is 252 g/mol. The van der Waals surface area contributed by atoms with Crippen molar-refractivity contribution in [1.29, 1.82) is 0 Å². The summed E-state index contributed by atoms with van der Waals surface area (Å²) in [5.41, 5.74) is 2.60. The standard InChI is InChI=1S/C15H20N4O/c1-3-9-17-11-12-4-6-13(7-5-12)19-10-8-14(18-19)15(20)16-2/h4-8,10,17H,3,9,11H2,1-2H3,(H,16,20). The quantitative estimate of drug-likeness (QED) is 0.787. The molecule has 106 valence electrons. The van der Waals surface area contributed by atoms with Crippen LogP contribution in [0.4, 0.5) is 0 Å². The van der Waals surface area contributed by atoms with Gasteiger partial charge in [0.15, 0.2) is 5.69 Å². The number of hydrogen-bond donors (Lipinski definition) is 2. The Morgan fingerprint density at radius 2 is 2.00 bits per heavy atom. The number of aromatic nitrogens is 2. The number of carbonyl (C=O) groups is 1. The highest BCUT2D eigenvalue weighted by Crippen LogP contribution is 2.10. The predicted molar refractivity (Wildman–Crippen MR) is 79.0 cm³/mol. The predicted octanol–water partition coefficient (Wildman–Crippen LogP) is 1.73. The number of nitrogens with zero attached hydrogens (tertiary/aromatic N) is 2. The highest BCUT2D eigenvalue weighted by Gasteiger charge is 2.07. The molecule has 0 bridgehead atoms. The number of hydrogen-bond acceptors (Lipinski definition) is 3. The van der Waals surface area contributed by atoms with Gasteiger partial charge in [0.05, 0.1) is 5.69 Å². The van der Waals surface area contributed by atoms with E-state index in [1.807, 2.05) is 12.1 Å². The van der Waals surface area contributed by atoms with Gasteiger partial charge in [-0.2, -0.15) is 5.10 Å². The normalized spacial score (nSPS) is 10.5. The molecule has 2 aromatic rings. The van der Waals surface area contributed by atoms with Gasteiger partial charge in [-0.05, 0) is 36.7 Å². The highest BCUT2D eigenvalue weighted by atomic mass is 16.1. The molecule has 0 atom stereocenters. The Morgan fingerprint density at radius 1 is 1.25 bits per heavy atom. The fraction of sp³-hybridized carbons (Fsp3) is 0.333. The fourth-order valence-corrected chi connectivity index (χ4v) is 1.89. The minimum absolute atomic E-state index is 0.177. The smallest absolute Gasteiger partial charge is 0.271 e. The van der Waals surface area contributed by atoms with Gasteiger partial charge in [-0.1, -0.05) is 19.1 Å². The molecule has 0 saturated heterocycles. The zero-order valence-corrected chi connectivity index (χ0v) is 11.9. The number of rotatable bonds is 6. The molecule has 0 unspecified atom stereocenters. The summed E-state index contributed by atoms with van der Waals surface area (Å²) < 4.78 is 1.70. The highest BCUT2D eigenvalue weighted by molar-refractivity contribution is 5.91. The van der Waals surface area contributed by atoms with Gasteiger partial charge in [-0.25, -0.2) is 4.68 Å². The lowest BCUT2D eigenvalue weighted by molar-refractivity contribution is 0.0957. The molecule has 2 rings (SSSR count). The Hall–Kier alpha value is -2.14. The maximum absolute atomic E-state index is 11.5. The SMILES string of the molecule is CCCNCc1ccc(-n2ccc(C(=O)NC)n2)cc1. The molecule has 1 heterocycles. The summed E-state index contributed by atoms with van der Waals surface area (Å²) in [5.74, 6) is -0.177. The van der Waals surface area contributed by atoms with Gasteiger partial charge in [0, 0.05) is 19.8 Å². The molecule has 1 amide bonds. The van der Waals surface area contributed by atoms with E-state index in [4.69, 9.17) is 0 Å². The minimum atomic E-state index is -0.177. The van der Waals surface area contributed by atoms with Gasteiger partial charge in [-0.3, -0.25) is 4.79 Å². The largest absolute Gasteiger partial charge is 0.354 e. The molecule has 0 aliphatic carbocycles. The lowest BCUT2D eigenvalue weighted by Crippen LogP contribution is -2.18. The first-order valence-corrected chi connectivity index (χ1v) is 6.82. The van der Waals surface area contributed by atoms with Crippen LogP contribution >= 0.6 is 0 Å². The molecular formula is C15H20N4O. The van der Waals surface area contributed by atoms with E-state index in [1.54, 1.807) is 24.0 Å². The summed E-state index contributed by atoms with van der Waals surface area (Å²) in [6.45, 7) is 4.05. The summed E-state index contributed by atoms with van der Waals surface area (Å²) in [6.07, 6.45) is 2.92. The lowest BCUT2D eigenvalue weighted by Gasteiger charge is -2.05. The zero-order chi connectivity index (χ0) is 14.4. The zero-order valence-electron chi connectivity index (χ0n) is 11.9. The third-order valence-corrected chi connectivity index (χ3v) is 3.01. The molecule has 0 fully saturated rings. The van der Waals surface area contributed by atoms with Crippen molar-refractivity contribution in [3.63, 3.8) is 0 Å². The Bertz CT molecular complexity index is 560. The van der Waals surface area contributed by atoms with E-state index in [1.165, 1.54) is 5.56 Å². The number of benzene rings is 1. The van der Waals surface area contributed by atoms with Crippen LogP contribution in [-0.4, -0.2) is 29.3 Å². The van der Waals surface area contributed by atoms with E-state index >= 15 is 0 Å². The van der Waals surface area contributed by atoms with Crippen molar-refractivity contribution in [1.82, 2.24) is 20.4 Å². The van der Waals surface area contributed by atoms with Crippen molar-refractivity contribution < 1.29 is 4.79 Å². The van der Waals surface area contributed by atoms with Gasteiger partial charge in [-0.15, -0.1) is 0 Å². The maximum atomic E-state index is 11.5. The molecule has 1 aromatic carbocycles. The van der Waals surface area contributed by atoms with Crippen LogP contribution < -0.4 is 10.6 Å². The van der Waals surface area contributed by atoms with Crippen molar-refractivity contribution in [3.8, 4) is 5.69 Å². The second-order valence-corrected chi connectivity index (χ2v) is 4.57. The van der Waals surface area contributed by atoms with E-state index in [0.29, 0.717) is 5.69 Å². The Labute approximate surface area is 119 Å².